The molecule has 7 heteroatoms. The molecule has 1 aliphatic rings. The monoisotopic (exact) mass is 292 g/mol. The molecule has 1 aromatic rings. The normalized spacial score (nSPS) is 15.8. The van der Waals surface area contributed by atoms with E-state index in [1.54, 1.807) is 12.3 Å². The third-order valence-electron chi connectivity index (χ3n) is 3.68. The Hall–Kier alpha value is -2.18. The summed E-state index contributed by atoms with van der Waals surface area (Å²) in [6.07, 6.45) is 3.87. The van der Waals surface area contributed by atoms with Crippen LogP contribution in [0.25, 0.3) is 0 Å². The van der Waals surface area contributed by atoms with Gasteiger partial charge in [0, 0.05) is 37.8 Å². The lowest BCUT2D eigenvalue weighted by Crippen LogP contribution is -2.41. The first-order chi connectivity index (χ1) is 10.1. The Bertz CT molecular complexity index is 513. The molecule has 2 heterocycles. The first-order valence-electron chi connectivity index (χ1n) is 7.25. The minimum atomic E-state index is -0.414. The molecule has 1 saturated heterocycles. The molecule has 1 aromatic heterocycles. The van der Waals surface area contributed by atoms with Gasteiger partial charge in [0.05, 0.1) is 4.92 Å². The van der Waals surface area contributed by atoms with Crippen LogP contribution in [-0.2, 0) is 4.79 Å². The molecule has 0 spiro atoms. The summed E-state index contributed by atoms with van der Waals surface area (Å²) in [5.41, 5.74) is 0.0198. The van der Waals surface area contributed by atoms with Gasteiger partial charge in [0.1, 0.15) is 0 Å². The summed E-state index contributed by atoms with van der Waals surface area (Å²) in [6.45, 7) is 3.94. The van der Waals surface area contributed by atoms with Crippen LogP contribution in [0.3, 0.4) is 0 Å². The Morgan fingerprint density at radius 3 is 2.86 bits per heavy atom. The van der Waals surface area contributed by atoms with Gasteiger partial charge in [0.2, 0.25) is 11.7 Å². The summed E-state index contributed by atoms with van der Waals surface area (Å²) in [7, 11) is 0. The fourth-order valence-electron chi connectivity index (χ4n) is 2.52. The first-order valence-corrected chi connectivity index (χ1v) is 7.25. The molecule has 0 radical (unpaired) electrons. The summed E-state index contributed by atoms with van der Waals surface area (Å²) in [5, 5.41) is 13.9. The van der Waals surface area contributed by atoms with Gasteiger partial charge in [-0.15, -0.1) is 0 Å². The van der Waals surface area contributed by atoms with Crippen molar-refractivity contribution in [2.75, 3.05) is 24.5 Å². The molecule has 0 aromatic carbocycles. The van der Waals surface area contributed by atoms with Gasteiger partial charge in [-0.3, -0.25) is 14.9 Å². The molecule has 0 aliphatic carbocycles. The number of carbonyl (C=O) groups is 1. The molecule has 1 fully saturated rings. The van der Waals surface area contributed by atoms with E-state index >= 15 is 0 Å². The molecule has 114 valence electrons. The standard InChI is InChI=1S/C14H20N4O3/c1-2-7-16-14(19)11-5-9-17(10-6-11)13-12(18(20)21)4-3-8-15-13/h3-4,8,11H,2,5-7,9-10H2,1H3,(H,16,19). The number of hydrogen-bond donors (Lipinski definition) is 1. The molecule has 1 N–H and O–H groups in total. The predicted octanol–water partition coefficient (Wildman–Crippen LogP) is 1.73. The molecule has 1 aliphatic heterocycles. The Kier molecular flexibility index (Phi) is 5.08. The molecule has 1 amide bonds. The highest BCUT2D eigenvalue weighted by atomic mass is 16.6. The van der Waals surface area contributed by atoms with Crippen LogP contribution in [0.15, 0.2) is 18.3 Å². The van der Waals surface area contributed by atoms with E-state index < -0.39 is 4.92 Å². The number of carbonyl (C=O) groups excluding carboxylic acids is 1. The molecule has 0 bridgehead atoms. The van der Waals surface area contributed by atoms with Gasteiger partial charge >= 0.3 is 5.69 Å². The SMILES string of the molecule is CCCNC(=O)C1CCN(c2ncccc2[N+](=O)[O-])CC1. The van der Waals surface area contributed by atoms with Crippen molar-refractivity contribution in [3.8, 4) is 0 Å². The van der Waals surface area contributed by atoms with Crippen molar-refractivity contribution in [1.29, 1.82) is 0 Å². The fourth-order valence-corrected chi connectivity index (χ4v) is 2.52. The average Bonchev–Trinajstić information content (AvgIpc) is 2.52. The zero-order valence-electron chi connectivity index (χ0n) is 12.1. The molecular weight excluding hydrogens is 272 g/mol. The number of nitrogens with one attached hydrogen (secondary N) is 1. The molecule has 0 unspecified atom stereocenters. The minimum Gasteiger partial charge on any atom is -0.356 e. The summed E-state index contributed by atoms with van der Waals surface area (Å²) in [5.74, 6) is 0.484. The maximum absolute atomic E-state index is 11.9. The highest BCUT2D eigenvalue weighted by molar-refractivity contribution is 5.79. The lowest BCUT2D eigenvalue weighted by molar-refractivity contribution is -0.384. The van der Waals surface area contributed by atoms with Crippen molar-refractivity contribution in [3.63, 3.8) is 0 Å². The van der Waals surface area contributed by atoms with Crippen LogP contribution in [0, 0.1) is 16.0 Å². The van der Waals surface area contributed by atoms with Gasteiger partial charge in [-0.2, -0.15) is 0 Å². The van der Waals surface area contributed by atoms with Crippen LogP contribution < -0.4 is 10.2 Å². The van der Waals surface area contributed by atoms with E-state index in [4.69, 9.17) is 0 Å². The number of nitro groups is 1. The summed E-state index contributed by atoms with van der Waals surface area (Å²) in [6, 6.07) is 3.02. The smallest absolute Gasteiger partial charge is 0.311 e. The maximum atomic E-state index is 11.9. The molecule has 2 rings (SSSR count). The number of anilines is 1. The third kappa shape index (κ3) is 3.68. The van der Waals surface area contributed by atoms with Crippen molar-refractivity contribution in [3.05, 3.63) is 28.4 Å². The van der Waals surface area contributed by atoms with Crippen molar-refractivity contribution in [2.45, 2.75) is 26.2 Å². The second-order valence-corrected chi connectivity index (χ2v) is 5.16. The third-order valence-corrected chi connectivity index (χ3v) is 3.68. The van der Waals surface area contributed by atoms with Crippen molar-refractivity contribution >= 4 is 17.4 Å². The maximum Gasteiger partial charge on any atom is 0.311 e. The summed E-state index contributed by atoms with van der Waals surface area (Å²) < 4.78 is 0. The molecular formula is C14H20N4O3. The van der Waals surface area contributed by atoms with Crippen molar-refractivity contribution in [2.24, 2.45) is 5.92 Å². The topological polar surface area (TPSA) is 88.4 Å². The van der Waals surface area contributed by atoms with E-state index in [0.29, 0.717) is 38.3 Å². The van der Waals surface area contributed by atoms with Gasteiger partial charge < -0.3 is 10.2 Å². The highest BCUT2D eigenvalue weighted by Gasteiger charge is 2.28. The van der Waals surface area contributed by atoms with Crippen LogP contribution in [0.2, 0.25) is 0 Å². The zero-order valence-corrected chi connectivity index (χ0v) is 12.1. The van der Waals surface area contributed by atoms with E-state index in [9.17, 15) is 14.9 Å². The highest BCUT2D eigenvalue weighted by Crippen LogP contribution is 2.28. The van der Waals surface area contributed by atoms with Crippen molar-refractivity contribution in [1.82, 2.24) is 10.3 Å². The van der Waals surface area contributed by atoms with Crippen LogP contribution in [-0.4, -0.2) is 35.4 Å². The van der Waals surface area contributed by atoms with Gasteiger partial charge in [-0.05, 0) is 25.3 Å². The lowest BCUT2D eigenvalue weighted by atomic mass is 9.96. The predicted molar refractivity (Wildman–Crippen MR) is 79.1 cm³/mol. The lowest BCUT2D eigenvalue weighted by Gasteiger charge is -2.31. The second-order valence-electron chi connectivity index (χ2n) is 5.16. The number of nitrogens with zero attached hydrogens (tertiary/aromatic N) is 3. The van der Waals surface area contributed by atoms with Gasteiger partial charge in [0.15, 0.2) is 0 Å². The number of piperidine rings is 1. The Balaban J connectivity index is 1.98. The second kappa shape index (κ2) is 7.01. The van der Waals surface area contributed by atoms with E-state index in [-0.39, 0.29) is 17.5 Å². The number of aromatic nitrogens is 1. The number of amides is 1. The molecule has 21 heavy (non-hydrogen) atoms. The van der Waals surface area contributed by atoms with E-state index in [1.807, 2.05) is 11.8 Å². The van der Waals surface area contributed by atoms with Gasteiger partial charge in [-0.1, -0.05) is 6.92 Å². The largest absolute Gasteiger partial charge is 0.356 e. The van der Waals surface area contributed by atoms with E-state index in [2.05, 4.69) is 10.3 Å². The summed E-state index contributed by atoms with van der Waals surface area (Å²) in [4.78, 5) is 28.6. The van der Waals surface area contributed by atoms with Gasteiger partial charge in [-0.25, -0.2) is 4.98 Å². The number of pyridine rings is 1. The number of rotatable bonds is 5. The van der Waals surface area contributed by atoms with Crippen LogP contribution >= 0.6 is 0 Å². The molecule has 0 saturated carbocycles. The zero-order chi connectivity index (χ0) is 15.2. The Labute approximate surface area is 123 Å². The van der Waals surface area contributed by atoms with E-state index in [0.717, 1.165) is 6.42 Å². The van der Waals surface area contributed by atoms with E-state index in [1.165, 1.54) is 6.07 Å². The fraction of sp³-hybridized carbons (Fsp3) is 0.571. The van der Waals surface area contributed by atoms with Crippen LogP contribution in [0.5, 0.6) is 0 Å². The molecule has 7 nitrogen and oxygen atoms in total. The quantitative estimate of drug-likeness (QED) is 0.659. The van der Waals surface area contributed by atoms with Crippen LogP contribution in [0.1, 0.15) is 26.2 Å². The molecule has 0 atom stereocenters. The van der Waals surface area contributed by atoms with Crippen LogP contribution in [0.4, 0.5) is 11.5 Å². The minimum absolute atomic E-state index is 0.00410. The number of hydrogen-bond acceptors (Lipinski definition) is 5. The van der Waals surface area contributed by atoms with Gasteiger partial charge in [0.25, 0.3) is 0 Å². The van der Waals surface area contributed by atoms with Crippen molar-refractivity contribution < 1.29 is 9.72 Å². The summed E-state index contributed by atoms with van der Waals surface area (Å²) >= 11 is 0. The first kappa shape index (κ1) is 15.2. The Morgan fingerprint density at radius 2 is 2.24 bits per heavy atom. The Morgan fingerprint density at radius 1 is 1.52 bits per heavy atom. The average molecular weight is 292 g/mol.